The Morgan fingerprint density at radius 3 is 2.95 bits per heavy atom. The van der Waals surface area contributed by atoms with Crippen LogP contribution in [0.1, 0.15) is 47.8 Å². The number of hydrogen-bond donors (Lipinski definition) is 1. The van der Waals surface area contributed by atoms with Crippen molar-refractivity contribution in [2.24, 2.45) is 0 Å². The fourth-order valence-corrected chi connectivity index (χ4v) is 3.94. The highest BCUT2D eigenvalue weighted by Gasteiger charge is 2.24. The number of nitrogens with zero attached hydrogens (tertiary/aromatic N) is 3. The molecule has 0 aliphatic heterocycles. The molecule has 0 saturated heterocycles. The van der Waals surface area contributed by atoms with Gasteiger partial charge in [-0.25, -0.2) is 4.98 Å². The van der Waals surface area contributed by atoms with Crippen molar-refractivity contribution in [2.45, 2.75) is 45.8 Å². The van der Waals surface area contributed by atoms with Crippen molar-refractivity contribution >= 4 is 16.5 Å². The molecule has 3 rings (SSSR count). The first-order valence-electron chi connectivity index (χ1n) is 7.52. The zero-order valence-corrected chi connectivity index (χ0v) is 13.4. The fourth-order valence-electron chi connectivity index (χ4n) is 2.72. The standard InChI is InChI=1S/C16H21N3OS/c1-3-19(10-12-7-4-6-11(2)17-12)16-18-15-13(20)8-5-9-14(15)21-16/h4,6-7,13,20H,3,5,8-10H2,1-2H3. The molecule has 1 unspecified atom stereocenters. The van der Waals surface area contributed by atoms with Gasteiger partial charge >= 0.3 is 0 Å². The molecule has 0 saturated carbocycles. The van der Waals surface area contributed by atoms with E-state index in [-0.39, 0.29) is 6.10 Å². The van der Waals surface area contributed by atoms with Crippen molar-refractivity contribution in [3.63, 3.8) is 0 Å². The monoisotopic (exact) mass is 303 g/mol. The molecule has 112 valence electrons. The third-order valence-corrected chi connectivity index (χ3v) is 5.06. The van der Waals surface area contributed by atoms with Gasteiger partial charge in [-0.15, -0.1) is 11.3 Å². The van der Waals surface area contributed by atoms with Crippen molar-refractivity contribution in [2.75, 3.05) is 11.4 Å². The summed E-state index contributed by atoms with van der Waals surface area (Å²) >= 11 is 1.72. The van der Waals surface area contributed by atoms with E-state index in [4.69, 9.17) is 0 Å². The van der Waals surface area contributed by atoms with Crippen molar-refractivity contribution < 1.29 is 5.11 Å². The van der Waals surface area contributed by atoms with Crippen LogP contribution in [0.4, 0.5) is 5.13 Å². The summed E-state index contributed by atoms with van der Waals surface area (Å²) in [5.41, 5.74) is 3.00. The Hall–Kier alpha value is -1.46. The van der Waals surface area contributed by atoms with Crippen LogP contribution in [0.3, 0.4) is 0 Å². The van der Waals surface area contributed by atoms with Gasteiger partial charge in [0.15, 0.2) is 5.13 Å². The zero-order chi connectivity index (χ0) is 14.8. The zero-order valence-electron chi connectivity index (χ0n) is 12.5. The number of aliphatic hydroxyl groups excluding tert-OH is 1. The van der Waals surface area contributed by atoms with E-state index in [2.05, 4.69) is 27.9 Å². The summed E-state index contributed by atoms with van der Waals surface area (Å²) in [5.74, 6) is 0. The van der Waals surface area contributed by atoms with E-state index in [0.29, 0.717) is 0 Å². The van der Waals surface area contributed by atoms with Crippen LogP contribution in [-0.2, 0) is 13.0 Å². The van der Waals surface area contributed by atoms with E-state index in [1.54, 1.807) is 11.3 Å². The van der Waals surface area contributed by atoms with Crippen LogP contribution >= 0.6 is 11.3 Å². The van der Waals surface area contributed by atoms with E-state index in [0.717, 1.165) is 54.6 Å². The molecule has 1 aliphatic rings. The first-order valence-corrected chi connectivity index (χ1v) is 8.34. The molecular weight excluding hydrogens is 282 g/mol. The van der Waals surface area contributed by atoms with Crippen LogP contribution in [0.2, 0.25) is 0 Å². The van der Waals surface area contributed by atoms with Gasteiger partial charge in [0.25, 0.3) is 0 Å². The van der Waals surface area contributed by atoms with Gasteiger partial charge in [-0.05, 0) is 45.2 Å². The summed E-state index contributed by atoms with van der Waals surface area (Å²) in [6, 6.07) is 6.11. The van der Waals surface area contributed by atoms with Crippen molar-refractivity contribution in [1.82, 2.24) is 9.97 Å². The maximum atomic E-state index is 10.1. The minimum Gasteiger partial charge on any atom is -0.387 e. The molecule has 0 aromatic carbocycles. The molecule has 0 fully saturated rings. The Bertz CT molecular complexity index is 626. The lowest BCUT2D eigenvalue weighted by Gasteiger charge is -2.19. The second kappa shape index (κ2) is 6.12. The highest BCUT2D eigenvalue weighted by atomic mass is 32.1. The number of rotatable bonds is 4. The minimum absolute atomic E-state index is 0.380. The van der Waals surface area contributed by atoms with Crippen LogP contribution in [0.25, 0.3) is 0 Å². The molecule has 0 bridgehead atoms. The summed E-state index contributed by atoms with van der Waals surface area (Å²) < 4.78 is 0. The third-order valence-electron chi connectivity index (χ3n) is 3.86. The SMILES string of the molecule is CCN(Cc1cccc(C)n1)c1nc2c(s1)CCCC2O. The predicted molar refractivity (Wildman–Crippen MR) is 85.7 cm³/mol. The normalized spacial score (nSPS) is 17.6. The Morgan fingerprint density at radius 1 is 1.38 bits per heavy atom. The Balaban J connectivity index is 1.83. The van der Waals surface area contributed by atoms with E-state index in [9.17, 15) is 5.11 Å². The lowest BCUT2D eigenvalue weighted by atomic mass is 10.0. The predicted octanol–water partition coefficient (Wildman–Crippen LogP) is 3.24. The number of thiazole rings is 1. The van der Waals surface area contributed by atoms with Crippen LogP contribution in [-0.4, -0.2) is 21.6 Å². The van der Waals surface area contributed by atoms with E-state index >= 15 is 0 Å². The quantitative estimate of drug-likeness (QED) is 0.942. The van der Waals surface area contributed by atoms with Gasteiger partial charge in [0.05, 0.1) is 24.0 Å². The molecule has 1 aliphatic carbocycles. The average molecular weight is 303 g/mol. The van der Waals surface area contributed by atoms with Gasteiger partial charge < -0.3 is 10.0 Å². The van der Waals surface area contributed by atoms with Crippen molar-refractivity contribution in [3.8, 4) is 0 Å². The molecule has 21 heavy (non-hydrogen) atoms. The van der Waals surface area contributed by atoms with Crippen LogP contribution in [0.15, 0.2) is 18.2 Å². The third kappa shape index (κ3) is 3.09. The average Bonchev–Trinajstić information content (AvgIpc) is 2.90. The number of pyridine rings is 1. The van der Waals surface area contributed by atoms with Crippen molar-refractivity contribution in [3.05, 3.63) is 40.2 Å². The molecule has 0 spiro atoms. The Labute approximate surface area is 129 Å². The molecule has 4 nitrogen and oxygen atoms in total. The smallest absolute Gasteiger partial charge is 0.186 e. The summed E-state index contributed by atoms with van der Waals surface area (Å²) in [7, 11) is 0. The van der Waals surface area contributed by atoms with E-state index < -0.39 is 0 Å². The molecular formula is C16H21N3OS. The first kappa shape index (κ1) is 14.5. The van der Waals surface area contributed by atoms with Gasteiger partial charge in [0, 0.05) is 17.1 Å². The second-order valence-corrected chi connectivity index (χ2v) is 6.56. The molecule has 1 N–H and O–H groups in total. The van der Waals surface area contributed by atoms with E-state index in [1.165, 1.54) is 4.88 Å². The summed E-state index contributed by atoms with van der Waals surface area (Å²) in [6.45, 7) is 5.80. The van der Waals surface area contributed by atoms with Gasteiger partial charge in [-0.2, -0.15) is 0 Å². The van der Waals surface area contributed by atoms with Gasteiger partial charge in [0.2, 0.25) is 0 Å². The Morgan fingerprint density at radius 2 is 2.24 bits per heavy atom. The number of hydrogen-bond acceptors (Lipinski definition) is 5. The topological polar surface area (TPSA) is 49.2 Å². The van der Waals surface area contributed by atoms with Crippen LogP contribution in [0.5, 0.6) is 0 Å². The minimum atomic E-state index is -0.380. The maximum Gasteiger partial charge on any atom is 0.186 e. The molecule has 2 heterocycles. The highest BCUT2D eigenvalue weighted by Crippen LogP contribution is 2.36. The maximum absolute atomic E-state index is 10.1. The van der Waals surface area contributed by atoms with Crippen molar-refractivity contribution in [1.29, 1.82) is 0 Å². The molecule has 0 radical (unpaired) electrons. The van der Waals surface area contributed by atoms with Gasteiger partial charge in [-0.1, -0.05) is 6.07 Å². The number of aromatic nitrogens is 2. The lowest BCUT2D eigenvalue weighted by Crippen LogP contribution is -2.22. The second-order valence-electron chi connectivity index (χ2n) is 5.50. The number of fused-ring (bicyclic) bond motifs is 1. The summed E-state index contributed by atoms with van der Waals surface area (Å²) in [5, 5.41) is 11.1. The highest BCUT2D eigenvalue weighted by molar-refractivity contribution is 7.15. The summed E-state index contributed by atoms with van der Waals surface area (Å²) in [4.78, 5) is 12.7. The van der Waals surface area contributed by atoms with Crippen LogP contribution < -0.4 is 4.90 Å². The van der Waals surface area contributed by atoms with Gasteiger partial charge in [-0.3, -0.25) is 4.98 Å². The van der Waals surface area contributed by atoms with Gasteiger partial charge in [0.1, 0.15) is 0 Å². The fraction of sp³-hybridized carbons (Fsp3) is 0.500. The number of aliphatic hydroxyl groups is 1. The molecule has 2 aromatic heterocycles. The molecule has 0 amide bonds. The van der Waals surface area contributed by atoms with E-state index in [1.807, 2.05) is 19.1 Å². The van der Waals surface area contributed by atoms with Crippen LogP contribution in [0, 0.1) is 6.92 Å². The number of aryl methyl sites for hydroxylation is 2. The Kier molecular flexibility index (Phi) is 4.22. The summed E-state index contributed by atoms with van der Waals surface area (Å²) in [6.07, 6.45) is 2.56. The molecule has 2 aromatic rings. The lowest BCUT2D eigenvalue weighted by molar-refractivity contribution is 0.153. The first-order chi connectivity index (χ1) is 10.2. The number of anilines is 1. The molecule has 1 atom stereocenters. The molecule has 5 heteroatoms. The largest absolute Gasteiger partial charge is 0.387 e.